The second-order valence-corrected chi connectivity index (χ2v) is 5.08. The van der Waals surface area contributed by atoms with Gasteiger partial charge in [-0.25, -0.2) is 4.39 Å². The van der Waals surface area contributed by atoms with E-state index in [1.54, 1.807) is 0 Å². The first-order valence-electron chi connectivity index (χ1n) is 6.36. The Bertz CT molecular complexity index is 473. The molecule has 0 saturated heterocycles. The van der Waals surface area contributed by atoms with Gasteiger partial charge in [0.25, 0.3) is 5.69 Å². The molecule has 0 bridgehead atoms. The summed E-state index contributed by atoms with van der Waals surface area (Å²) in [6.45, 7) is 0.238. The van der Waals surface area contributed by atoms with Crippen LogP contribution >= 0.6 is 0 Å². The Labute approximate surface area is 110 Å². The number of hydrogen-bond acceptors (Lipinski definition) is 4. The van der Waals surface area contributed by atoms with E-state index < -0.39 is 16.3 Å². The summed E-state index contributed by atoms with van der Waals surface area (Å²) < 4.78 is 19.0. The van der Waals surface area contributed by atoms with Crippen LogP contribution in [-0.4, -0.2) is 17.1 Å². The van der Waals surface area contributed by atoms with Crippen LogP contribution in [0.2, 0.25) is 0 Å². The Morgan fingerprint density at radius 1 is 1.37 bits per heavy atom. The lowest BCUT2D eigenvalue weighted by molar-refractivity contribution is -0.385. The van der Waals surface area contributed by atoms with Gasteiger partial charge in [0.2, 0.25) is 0 Å². The fraction of sp³-hybridized carbons (Fsp3) is 0.538. The van der Waals surface area contributed by atoms with Gasteiger partial charge in [0.05, 0.1) is 16.5 Å². The number of nitrogens with zero attached hydrogens (tertiary/aromatic N) is 1. The van der Waals surface area contributed by atoms with Crippen LogP contribution in [0.1, 0.15) is 32.1 Å². The minimum absolute atomic E-state index is 0.0148. The standard InChI is InChI=1S/C13H17FN2O3/c14-11-8-10(16(17)18)4-5-12(11)19-9-13(15)6-2-1-3-7-13/h4-5,8H,1-3,6-7,9,15H2. The van der Waals surface area contributed by atoms with Crippen LogP contribution < -0.4 is 10.5 Å². The minimum Gasteiger partial charge on any atom is -0.489 e. The average molecular weight is 268 g/mol. The Hall–Kier alpha value is -1.69. The molecule has 0 atom stereocenters. The van der Waals surface area contributed by atoms with Gasteiger partial charge in [0.15, 0.2) is 11.6 Å². The van der Waals surface area contributed by atoms with E-state index >= 15 is 0 Å². The first-order chi connectivity index (χ1) is 9.00. The molecule has 0 radical (unpaired) electrons. The van der Waals surface area contributed by atoms with E-state index in [1.165, 1.54) is 18.6 Å². The third-order valence-corrected chi connectivity index (χ3v) is 3.49. The second-order valence-electron chi connectivity index (χ2n) is 5.08. The van der Waals surface area contributed by atoms with Crippen molar-refractivity contribution < 1.29 is 14.1 Å². The molecule has 0 unspecified atom stereocenters. The molecule has 6 heteroatoms. The minimum atomic E-state index is -0.728. The molecule has 2 rings (SSSR count). The normalized spacial score (nSPS) is 18.0. The fourth-order valence-corrected chi connectivity index (χ4v) is 2.34. The summed E-state index contributed by atoms with van der Waals surface area (Å²) in [5.41, 5.74) is 5.48. The number of non-ortho nitro benzene ring substituents is 1. The van der Waals surface area contributed by atoms with Crippen molar-refractivity contribution in [2.75, 3.05) is 6.61 Å². The molecule has 0 spiro atoms. The van der Waals surface area contributed by atoms with E-state index in [0.717, 1.165) is 31.7 Å². The largest absolute Gasteiger partial charge is 0.489 e. The monoisotopic (exact) mass is 268 g/mol. The molecule has 1 aromatic carbocycles. The van der Waals surface area contributed by atoms with Crippen LogP contribution in [0.15, 0.2) is 18.2 Å². The van der Waals surface area contributed by atoms with Crippen LogP contribution in [0.25, 0.3) is 0 Å². The van der Waals surface area contributed by atoms with Gasteiger partial charge in [-0.3, -0.25) is 10.1 Å². The molecule has 1 fully saturated rings. The predicted octanol–water partition coefficient (Wildman–Crippen LogP) is 2.77. The molecule has 1 aromatic rings. The predicted molar refractivity (Wildman–Crippen MR) is 68.6 cm³/mol. The Morgan fingerprint density at radius 3 is 2.63 bits per heavy atom. The Kier molecular flexibility index (Phi) is 3.99. The molecule has 0 aliphatic heterocycles. The molecule has 1 aliphatic rings. The van der Waals surface area contributed by atoms with Crippen LogP contribution in [0, 0.1) is 15.9 Å². The number of nitrogens with two attached hydrogens (primary N) is 1. The number of benzene rings is 1. The third kappa shape index (κ3) is 3.41. The molecule has 1 aliphatic carbocycles. The SMILES string of the molecule is NC1(COc2ccc([N+](=O)[O-])cc2F)CCCCC1. The summed E-state index contributed by atoms with van der Waals surface area (Å²) in [6.07, 6.45) is 5.01. The van der Waals surface area contributed by atoms with Crippen LogP contribution in [0.5, 0.6) is 5.75 Å². The van der Waals surface area contributed by atoms with E-state index in [0.29, 0.717) is 0 Å². The van der Waals surface area contributed by atoms with Gasteiger partial charge in [0, 0.05) is 6.07 Å². The number of halogens is 1. The van der Waals surface area contributed by atoms with Crippen molar-refractivity contribution in [3.8, 4) is 5.75 Å². The van der Waals surface area contributed by atoms with E-state index in [4.69, 9.17) is 10.5 Å². The fourth-order valence-electron chi connectivity index (χ4n) is 2.34. The molecule has 1 saturated carbocycles. The summed E-state index contributed by atoms with van der Waals surface area (Å²) in [5.74, 6) is -0.713. The molecule has 0 amide bonds. The van der Waals surface area contributed by atoms with Gasteiger partial charge >= 0.3 is 0 Å². The first kappa shape index (κ1) is 13.7. The van der Waals surface area contributed by atoms with Crippen molar-refractivity contribution in [1.29, 1.82) is 0 Å². The highest BCUT2D eigenvalue weighted by Gasteiger charge is 2.28. The van der Waals surface area contributed by atoms with Crippen molar-refractivity contribution in [2.45, 2.75) is 37.6 Å². The number of nitro groups is 1. The zero-order valence-corrected chi connectivity index (χ0v) is 10.6. The van der Waals surface area contributed by atoms with E-state index in [-0.39, 0.29) is 18.0 Å². The average Bonchev–Trinajstić information content (AvgIpc) is 2.38. The van der Waals surface area contributed by atoms with Crippen LogP contribution in [-0.2, 0) is 0 Å². The summed E-state index contributed by atoms with van der Waals surface area (Å²) in [5, 5.41) is 10.5. The molecule has 0 aromatic heterocycles. The molecule has 2 N–H and O–H groups in total. The zero-order valence-electron chi connectivity index (χ0n) is 10.6. The number of rotatable bonds is 4. The van der Waals surface area contributed by atoms with Crippen molar-refractivity contribution in [3.05, 3.63) is 34.1 Å². The molecular weight excluding hydrogens is 251 g/mol. The third-order valence-electron chi connectivity index (χ3n) is 3.49. The zero-order chi connectivity index (χ0) is 13.9. The molecule has 104 valence electrons. The highest BCUT2D eigenvalue weighted by Crippen LogP contribution is 2.28. The van der Waals surface area contributed by atoms with Crippen LogP contribution in [0.3, 0.4) is 0 Å². The molecular formula is C13H17FN2O3. The van der Waals surface area contributed by atoms with Gasteiger partial charge in [0.1, 0.15) is 6.61 Å². The van der Waals surface area contributed by atoms with Gasteiger partial charge in [-0.15, -0.1) is 0 Å². The molecule has 5 nitrogen and oxygen atoms in total. The quantitative estimate of drug-likeness (QED) is 0.672. The number of ether oxygens (including phenoxy) is 1. The Balaban J connectivity index is 2.01. The number of hydrogen-bond donors (Lipinski definition) is 1. The van der Waals surface area contributed by atoms with E-state index in [2.05, 4.69) is 0 Å². The van der Waals surface area contributed by atoms with Crippen molar-refractivity contribution >= 4 is 5.69 Å². The first-order valence-corrected chi connectivity index (χ1v) is 6.36. The summed E-state index contributed by atoms with van der Waals surface area (Å²) in [7, 11) is 0. The summed E-state index contributed by atoms with van der Waals surface area (Å²) in [6, 6.07) is 3.36. The maximum absolute atomic E-state index is 13.6. The van der Waals surface area contributed by atoms with Crippen molar-refractivity contribution in [2.24, 2.45) is 5.73 Å². The maximum Gasteiger partial charge on any atom is 0.272 e. The lowest BCUT2D eigenvalue weighted by atomic mass is 9.83. The lowest BCUT2D eigenvalue weighted by Gasteiger charge is -2.33. The van der Waals surface area contributed by atoms with Gasteiger partial charge < -0.3 is 10.5 Å². The van der Waals surface area contributed by atoms with Gasteiger partial charge in [-0.1, -0.05) is 19.3 Å². The summed E-state index contributed by atoms with van der Waals surface area (Å²) in [4.78, 5) is 9.86. The van der Waals surface area contributed by atoms with Crippen LogP contribution in [0.4, 0.5) is 10.1 Å². The Morgan fingerprint density at radius 2 is 2.05 bits per heavy atom. The topological polar surface area (TPSA) is 78.4 Å². The molecule has 19 heavy (non-hydrogen) atoms. The van der Waals surface area contributed by atoms with E-state index in [1.807, 2.05) is 0 Å². The van der Waals surface area contributed by atoms with Crippen molar-refractivity contribution in [1.82, 2.24) is 0 Å². The second kappa shape index (κ2) is 5.52. The maximum atomic E-state index is 13.6. The lowest BCUT2D eigenvalue weighted by Crippen LogP contribution is -2.47. The van der Waals surface area contributed by atoms with E-state index in [9.17, 15) is 14.5 Å². The summed E-state index contributed by atoms with van der Waals surface area (Å²) >= 11 is 0. The van der Waals surface area contributed by atoms with Gasteiger partial charge in [-0.05, 0) is 18.9 Å². The van der Waals surface area contributed by atoms with Crippen molar-refractivity contribution in [3.63, 3.8) is 0 Å². The number of nitro benzene ring substituents is 1. The highest BCUT2D eigenvalue weighted by molar-refractivity contribution is 5.37. The van der Waals surface area contributed by atoms with Gasteiger partial charge in [-0.2, -0.15) is 0 Å². The smallest absolute Gasteiger partial charge is 0.272 e. The highest BCUT2D eigenvalue weighted by atomic mass is 19.1. The molecule has 0 heterocycles.